The molecule has 3 rings (SSSR count). The highest BCUT2D eigenvalue weighted by Gasteiger charge is 2.32. The van der Waals surface area contributed by atoms with Crippen molar-refractivity contribution in [2.24, 2.45) is 0 Å². The summed E-state index contributed by atoms with van der Waals surface area (Å²) in [5.74, 6) is 1.07. The Morgan fingerprint density at radius 1 is 1.37 bits per heavy atom. The molecular weight excluding hydrogens is 352 g/mol. The minimum atomic E-state index is -0.867. The molecule has 9 heteroatoms. The number of benzene rings is 1. The lowest BCUT2D eigenvalue weighted by atomic mass is 10.1. The molecular formula is C18H22N4O5. The number of alkyl carbamates (subject to hydrolysis) is 1. The second-order valence-electron chi connectivity index (χ2n) is 7.23. The zero-order valence-corrected chi connectivity index (χ0v) is 15.9. The van der Waals surface area contributed by atoms with Crippen LogP contribution in [0.15, 0.2) is 22.7 Å². The average molecular weight is 374 g/mol. The third kappa shape index (κ3) is 4.18. The molecule has 1 atom stereocenters. The van der Waals surface area contributed by atoms with Crippen LogP contribution in [0, 0.1) is 6.92 Å². The van der Waals surface area contributed by atoms with Crippen LogP contribution in [0.5, 0.6) is 5.75 Å². The third-order valence-corrected chi connectivity index (χ3v) is 3.83. The molecule has 0 aliphatic carbocycles. The molecule has 1 aliphatic rings. The zero-order valence-electron chi connectivity index (χ0n) is 15.9. The van der Waals surface area contributed by atoms with Gasteiger partial charge in [-0.15, -0.1) is 0 Å². The molecule has 1 aromatic heterocycles. The fourth-order valence-corrected chi connectivity index (χ4v) is 2.61. The van der Waals surface area contributed by atoms with Gasteiger partial charge in [0.2, 0.25) is 11.7 Å². The summed E-state index contributed by atoms with van der Waals surface area (Å²) in [7, 11) is 1.62. The fourth-order valence-electron chi connectivity index (χ4n) is 2.61. The van der Waals surface area contributed by atoms with E-state index in [0.29, 0.717) is 28.7 Å². The monoisotopic (exact) mass is 374 g/mol. The van der Waals surface area contributed by atoms with Crippen molar-refractivity contribution in [2.45, 2.75) is 39.3 Å². The smallest absolute Gasteiger partial charge is 0.408 e. The summed E-state index contributed by atoms with van der Waals surface area (Å²) in [4.78, 5) is 30.4. The lowest BCUT2D eigenvalue weighted by Crippen LogP contribution is -2.50. The Balaban J connectivity index is 1.82. The predicted molar refractivity (Wildman–Crippen MR) is 96.5 cm³/mol. The third-order valence-electron chi connectivity index (χ3n) is 3.83. The van der Waals surface area contributed by atoms with Gasteiger partial charge in [-0.05, 0) is 39.0 Å². The first kappa shape index (κ1) is 18.7. The number of nitrogens with one attached hydrogen (secondary N) is 1. The summed E-state index contributed by atoms with van der Waals surface area (Å²) in [5, 5.41) is 6.45. The molecule has 2 aromatic rings. The first-order valence-electron chi connectivity index (χ1n) is 8.48. The van der Waals surface area contributed by atoms with Gasteiger partial charge in [-0.1, -0.05) is 5.16 Å². The van der Waals surface area contributed by atoms with E-state index in [1.807, 2.05) is 0 Å². The predicted octanol–water partition coefficient (Wildman–Crippen LogP) is 2.29. The number of rotatable bonds is 2. The van der Waals surface area contributed by atoms with Gasteiger partial charge in [-0.3, -0.25) is 4.79 Å². The number of hydrogen-bond acceptors (Lipinski definition) is 7. The van der Waals surface area contributed by atoms with Gasteiger partial charge in [0, 0.05) is 19.5 Å². The normalized spacial score (nSPS) is 17.0. The quantitative estimate of drug-likeness (QED) is 0.859. The number of carbonyl (C=O) groups excluding carboxylic acids is 2. The van der Waals surface area contributed by atoms with Crippen molar-refractivity contribution < 1.29 is 23.6 Å². The van der Waals surface area contributed by atoms with E-state index in [0.717, 1.165) is 0 Å². The number of aromatic nitrogens is 2. The van der Waals surface area contributed by atoms with Gasteiger partial charge in [0.15, 0.2) is 0 Å². The van der Waals surface area contributed by atoms with Gasteiger partial charge in [0.1, 0.15) is 24.0 Å². The number of aryl methyl sites for hydroxylation is 1. The first-order valence-corrected chi connectivity index (χ1v) is 8.48. The number of amides is 2. The van der Waals surface area contributed by atoms with Crippen LogP contribution in [0.1, 0.15) is 26.7 Å². The molecule has 9 nitrogen and oxygen atoms in total. The number of fused-ring (bicyclic) bond motifs is 1. The minimum absolute atomic E-state index is 0.00389. The second kappa shape index (κ2) is 6.90. The Kier molecular flexibility index (Phi) is 4.77. The lowest BCUT2D eigenvalue weighted by molar-refractivity contribution is -0.120. The molecule has 1 aromatic carbocycles. The van der Waals surface area contributed by atoms with E-state index in [1.54, 1.807) is 52.9 Å². The molecule has 144 valence electrons. The molecule has 0 saturated heterocycles. The van der Waals surface area contributed by atoms with Crippen LogP contribution in [0.4, 0.5) is 10.5 Å². The van der Waals surface area contributed by atoms with Crippen LogP contribution in [0.2, 0.25) is 0 Å². The Hall–Kier alpha value is -3.10. The largest absolute Gasteiger partial charge is 0.489 e. The number of carbonyl (C=O) groups is 2. The van der Waals surface area contributed by atoms with Gasteiger partial charge in [0.25, 0.3) is 5.91 Å². The van der Waals surface area contributed by atoms with Crippen LogP contribution in [-0.4, -0.2) is 47.4 Å². The van der Waals surface area contributed by atoms with Gasteiger partial charge < -0.3 is 24.2 Å². The summed E-state index contributed by atoms with van der Waals surface area (Å²) in [5.41, 5.74) is 0.575. The molecule has 2 amide bonds. The van der Waals surface area contributed by atoms with E-state index in [9.17, 15) is 9.59 Å². The van der Waals surface area contributed by atoms with Crippen molar-refractivity contribution in [3.8, 4) is 17.1 Å². The molecule has 1 N–H and O–H groups in total. The maximum atomic E-state index is 12.8. The molecule has 0 bridgehead atoms. The van der Waals surface area contributed by atoms with E-state index >= 15 is 0 Å². The van der Waals surface area contributed by atoms with Gasteiger partial charge in [-0.25, -0.2) is 4.79 Å². The maximum absolute atomic E-state index is 12.8. The summed E-state index contributed by atoms with van der Waals surface area (Å²) in [6, 6.07) is 4.39. The van der Waals surface area contributed by atoms with Crippen LogP contribution in [0.25, 0.3) is 11.4 Å². The van der Waals surface area contributed by atoms with Crippen molar-refractivity contribution in [3.05, 3.63) is 24.1 Å². The molecule has 2 heterocycles. The molecule has 0 spiro atoms. The van der Waals surface area contributed by atoms with E-state index < -0.39 is 17.7 Å². The number of likely N-dealkylation sites (N-methyl/N-ethyl adjacent to an activating group) is 1. The highest BCUT2D eigenvalue weighted by atomic mass is 16.6. The molecule has 0 fully saturated rings. The zero-order chi connectivity index (χ0) is 19.8. The van der Waals surface area contributed by atoms with Crippen LogP contribution in [0.3, 0.4) is 0 Å². The van der Waals surface area contributed by atoms with Crippen molar-refractivity contribution in [1.29, 1.82) is 0 Å². The lowest BCUT2D eigenvalue weighted by Gasteiger charge is -2.23. The van der Waals surface area contributed by atoms with E-state index in [4.69, 9.17) is 14.0 Å². The second-order valence-corrected chi connectivity index (χ2v) is 7.23. The minimum Gasteiger partial charge on any atom is -0.489 e. The SMILES string of the molecule is Cc1nc(-c2ccc3c(c2)N(C)C(=O)C(NC(=O)OC(C)(C)C)CO3)no1. The van der Waals surface area contributed by atoms with Crippen LogP contribution < -0.4 is 15.0 Å². The van der Waals surface area contributed by atoms with Gasteiger partial charge >= 0.3 is 6.09 Å². The summed E-state index contributed by atoms with van der Waals surface area (Å²) in [6.45, 7) is 6.95. The molecule has 0 radical (unpaired) electrons. The average Bonchev–Trinajstić information content (AvgIpc) is 2.97. The Bertz CT molecular complexity index is 871. The molecule has 1 aliphatic heterocycles. The number of nitrogens with zero attached hydrogens (tertiary/aromatic N) is 3. The summed E-state index contributed by atoms with van der Waals surface area (Å²) >= 11 is 0. The fraction of sp³-hybridized carbons (Fsp3) is 0.444. The highest BCUT2D eigenvalue weighted by Crippen LogP contribution is 2.34. The Morgan fingerprint density at radius 3 is 2.74 bits per heavy atom. The Morgan fingerprint density at radius 2 is 2.11 bits per heavy atom. The number of hydrogen-bond donors (Lipinski definition) is 1. The van der Waals surface area contributed by atoms with Crippen molar-refractivity contribution >= 4 is 17.7 Å². The van der Waals surface area contributed by atoms with Gasteiger partial charge in [-0.2, -0.15) is 4.98 Å². The maximum Gasteiger partial charge on any atom is 0.408 e. The van der Waals surface area contributed by atoms with Crippen LogP contribution in [-0.2, 0) is 9.53 Å². The van der Waals surface area contributed by atoms with E-state index in [2.05, 4.69) is 15.5 Å². The standard InChI is InChI=1S/C18H22N4O5/c1-10-19-15(21-27-10)11-6-7-14-13(8-11)22(5)16(23)12(9-25-14)20-17(24)26-18(2,3)4/h6-8,12H,9H2,1-5H3,(H,20,24). The Labute approximate surface area is 156 Å². The summed E-state index contributed by atoms with van der Waals surface area (Å²) < 4.78 is 16.0. The molecule has 0 saturated carbocycles. The summed E-state index contributed by atoms with van der Waals surface area (Å²) in [6.07, 6.45) is -0.674. The molecule has 27 heavy (non-hydrogen) atoms. The number of anilines is 1. The highest BCUT2D eigenvalue weighted by molar-refractivity contribution is 6.00. The van der Waals surface area contributed by atoms with Gasteiger partial charge in [0.05, 0.1) is 5.69 Å². The van der Waals surface area contributed by atoms with Crippen molar-refractivity contribution in [3.63, 3.8) is 0 Å². The number of ether oxygens (including phenoxy) is 2. The van der Waals surface area contributed by atoms with E-state index in [1.165, 1.54) is 4.90 Å². The topological polar surface area (TPSA) is 107 Å². The van der Waals surface area contributed by atoms with Crippen molar-refractivity contribution in [1.82, 2.24) is 15.5 Å². The van der Waals surface area contributed by atoms with Crippen molar-refractivity contribution in [2.75, 3.05) is 18.6 Å². The first-order chi connectivity index (χ1) is 12.6. The van der Waals surface area contributed by atoms with Crippen LogP contribution >= 0.6 is 0 Å². The molecule has 1 unspecified atom stereocenters. The van der Waals surface area contributed by atoms with E-state index in [-0.39, 0.29) is 12.5 Å².